The molecule has 0 aromatic heterocycles. The van der Waals surface area contributed by atoms with E-state index in [0.29, 0.717) is 19.8 Å². The van der Waals surface area contributed by atoms with Gasteiger partial charge in [-0.05, 0) is 39.9 Å². The Balaban J connectivity index is 4.46. The maximum atomic E-state index is 9.88. The fourth-order valence-electron chi connectivity index (χ4n) is 1.46. The van der Waals surface area contributed by atoms with Gasteiger partial charge < -0.3 is 18.1 Å². The minimum absolute atomic E-state index is 0.597. The van der Waals surface area contributed by atoms with Gasteiger partial charge in [0, 0.05) is 25.9 Å². The van der Waals surface area contributed by atoms with Crippen molar-refractivity contribution in [1.29, 1.82) is 0 Å². The van der Waals surface area contributed by atoms with Gasteiger partial charge in [0.1, 0.15) is 0 Å². The van der Waals surface area contributed by atoms with Crippen molar-refractivity contribution in [2.24, 2.45) is 0 Å². The van der Waals surface area contributed by atoms with Gasteiger partial charge >= 0.3 is 8.80 Å². The smallest absolute Gasteiger partial charge is 0.432 e. The molecular formula is C10H26O4Si2. The van der Waals surface area contributed by atoms with E-state index < -0.39 is 17.1 Å². The molecule has 0 amide bonds. The lowest BCUT2D eigenvalue weighted by molar-refractivity contribution is 0.0723. The van der Waals surface area contributed by atoms with E-state index in [0.717, 1.165) is 12.1 Å². The molecule has 98 valence electrons. The maximum absolute atomic E-state index is 9.88. The second-order valence-electron chi connectivity index (χ2n) is 4.29. The minimum atomic E-state index is -2.53. The molecule has 1 N–H and O–H groups in total. The molecule has 0 unspecified atom stereocenters. The average Bonchev–Trinajstić information content (AvgIpc) is 2.15. The van der Waals surface area contributed by atoms with Crippen molar-refractivity contribution in [1.82, 2.24) is 0 Å². The lowest BCUT2D eigenvalue weighted by Crippen LogP contribution is -2.47. The van der Waals surface area contributed by atoms with Gasteiger partial charge in [-0.15, -0.1) is 0 Å². The van der Waals surface area contributed by atoms with E-state index in [2.05, 4.69) is 0 Å². The first-order chi connectivity index (χ1) is 7.39. The molecule has 0 saturated heterocycles. The topological polar surface area (TPSA) is 47.9 Å². The van der Waals surface area contributed by atoms with Crippen LogP contribution in [-0.2, 0) is 13.3 Å². The maximum Gasteiger partial charge on any atom is 0.500 e. The van der Waals surface area contributed by atoms with Crippen molar-refractivity contribution < 1.29 is 18.1 Å². The number of rotatable bonds is 9. The fraction of sp³-hybridized carbons (Fsp3) is 1.00. The van der Waals surface area contributed by atoms with Gasteiger partial charge in [-0.1, -0.05) is 0 Å². The Morgan fingerprint density at radius 2 is 1.19 bits per heavy atom. The second-order valence-corrected chi connectivity index (χ2v) is 11.2. The fourth-order valence-corrected chi connectivity index (χ4v) is 7.13. The molecule has 0 aliphatic heterocycles. The summed E-state index contributed by atoms with van der Waals surface area (Å²) >= 11 is 0. The molecule has 0 saturated carbocycles. The molecule has 0 fully saturated rings. The van der Waals surface area contributed by atoms with E-state index >= 15 is 0 Å². The molecule has 0 radical (unpaired) electrons. The van der Waals surface area contributed by atoms with Crippen LogP contribution in [0.3, 0.4) is 0 Å². The molecule has 6 heteroatoms. The lowest BCUT2D eigenvalue weighted by Gasteiger charge is -2.30. The van der Waals surface area contributed by atoms with Gasteiger partial charge in [0.15, 0.2) is 8.32 Å². The molecule has 0 rings (SSSR count). The highest BCUT2D eigenvalue weighted by Gasteiger charge is 2.41. The molecular weight excluding hydrogens is 240 g/mol. The van der Waals surface area contributed by atoms with Crippen LogP contribution in [0.4, 0.5) is 0 Å². The summed E-state index contributed by atoms with van der Waals surface area (Å²) in [5.41, 5.74) is 0. The first-order valence-electron chi connectivity index (χ1n) is 6.03. The summed E-state index contributed by atoms with van der Waals surface area (Å²) < 4.78 is 17.1. The van der Waals surface area contributed by atoms with Gasteiger partial charge in [0.05, 0.1) is 0 Å². The normalized spacial score (nSPS) is 13.1. The summed E-state index contributed by atoms with van der Waals surface area (Å²) in [5.74, 6) is 0. The van der Waals surface area contributed by atoms with Gasteiger partial charge in [-0.2, -0.15) is 0 Å². The van der Waals surface area contributed by atoms with Gasteiger partial charge in [-0.25, -0.2) is 0 Å². The third-order valence-corrected chi connectivity index (χ3v) is 7.16. The van der Waals surface area contributed by atoms with Crippen LogP contribution in [0, 0.1) is 0 Å². The third-order valence-electron chi connectivity index (χ3n) is 2.14. The Labute approximate surface area is 101 Å². The molecule has 0 heterocycles. The van der Waals surface area contributed by atoms with E-state index in [1.807, 2.05) is 33.9 Å². The van der Waals surface area contributed by atoms with Crippen molar-refractivity contribution in [2.75, 3.05) is 19.8 Å². The molecule has 16 heavy (non-hydrogen) atoms. The predicted octanol–water partition coefficient (Wildman–Crippen LogP) is 2.23. The van der Waals surface area contributed by atoms with E-state index in [1.54, 1.807) is 0 Å². The zero-order valence-corrected chi connectivity index (χ0v) is 13.2. The van der Waals surface area contributed by atoms with E-state index in [-0.39, 0.29) is 0 Å². The minimum Gasteiger partial charge on any atom is -0.432 e. The van der Waals surface area contributed by atoms with Crippen molar-refractivity contribution in [2.45, 2.75) is 46.0 Å². The van der Waals surface area contributed by atoms with Crippen molar-refractivity contribution in [3.8, 4) is 0 Å². The molecule has 0 spiro atoms. The van der Waals surface area contributed by atoms with Crippen LogP contribution < -0.4 is 0 Å². The summed E-state index contributed by atoms with van der Waals surface area (Å²) in [6.07, 6.45) is 0. The van der Waals surface area contributed by atoms with Crippen LogP contribution in [0.1, 0.15) is 20.8 Å². The average molecular weight is 266 g/mol. The summed E-state index contributed by atoms with van der Waals surface area (Å²) in [4.78, 5) is 9.88. The first-order valence-corrected chi connectivity index (χ1v) is 11.1. The van der Waals surface area contributed by atoms with Crippen LogP contribution in [0.25, 0.3) is 0 Å². The highest BCUT2D eigenvalue weighted by Crippen LogP contribution is 2.22. The van der Waals surface area contributed by atoms with Crippen LogP contribution in [0.2, 0.25) is 25.2 Å². The zero-order valence-electron chi connectivity index (χ0n) is 11.2. The lowest BCUT2D eigenvalue weighted by atomic mass is 10.9. The molecule has 0 aliphatic rings. The highest BCUT2D eigenvalue weighted by atomic mass is 28.4. The van der Waals surface area contributed by atoms with Crippen molar-refractivity contribution in [3.63, 3.8) is 0 Å². The molecule has 0 aromatic carbocycles. The largest absolute Gasteiger partial charge is 0.500 e. The molecule has 0 aromatic rings. The van der Waals surface area contributed by atoms with Gasteiger partial charge in [-0.3, -0.25) is 0 Å². The van der Waals surface area contributed by atoms with Gasteiger partial charge in [0.2, 0.25) is 0 Å². The summed E-state index contributed by atoms with van der Waals surface area (Å²) in [5, 5.41) is 0. The first kappa shape index (κ1) is 16.3. The molecule has 0 aliphatic carbocycles. The predicted molar refractivity (Wildman–Crippen MR) is 69.9 cm³/mol. The van der Waals surface area contributed by atoms with Gasteiger partial charge in [0.25, 0.3) is 0 Å². The Kier molecular flexibility index (Phi) is 7.70. The summed E-state index contributed by atoms with van der Waals surface area (Å²) in [7, 11) is -4.59. The summed E-state index contributed by atoms with van der Waals surface area (Å²) in [6, 6.07) is 1.48. The van der Waals surface area contributed by atoms with Crippen LogP contribution in [0.15, 0.2) is 0 Å². The number of hydrogen-bond acceptors (Lipinski definition) is 4. The van der Waals surface area contributed by atoms with Crippen LogP contribution in [-0.4, -0.2) is 41.7 Å². The van der Waals surface area contributed by atoms with E-state index in [9.17, 15) is 4.80 Å². The quantitative estimate of drug-likeness (QED) is 0.650. The Hall–Kier alpha value is 0.274. The molecule has 0 atom stereocenters. The van der Waals surface area contributed by atoms with Crippen molar-refractivity contribution in [3.05, 3.63) is 0 Å². The summed E-state index contributed by atoms with van der Waals surface area (Å²) in [6.45, 7) is 11.5. The Morgan fingerprint density at radius 1 is 0.812 bits per heavy atom. The number of hydrogen-bond donors (Lipinski definition) is 1. The Bertz CT molecular complexity index is 165. The van der Waals surface area contributed by atoms with E-state index in [4.69, 9.17) is 13.3 Å². The SMILES string of the molecule is CCO[Si](CC[Si](C)(C)O)(OCC)OCC. The second kappa shape index (κ2) is 7.57. The molecule has 4 nitrogen and oxygen atoms in total. The van der Waals surface area contributed by atoms with Crippen LogP contribution in [0.5, 0.6) is 0 Å². The highest BCUT2D eigenvalue weighted by molar-refractivity contribution is 6.72. The molecule has 0 bridgehead atoms. The van der Waals surface area contributed by atoms with Crippen molar-refractivity contribution >= 4 is 17.1 Å². The zero-order chi connectivity index (χ0) is 12.7. The van der Waals surface area contributed by atoms with Crippen LogP contribution >= 0.6 is 0 Å². The monoisotopic (exact) mass is 266 g/mol. The third kappa shape index (κ3) is 6.77. The Morgan fingerprint density at radius 3 is 1.44 bits per heavy atom. The van der Waals surface area contributed by atoms with E-state index in [1.165, 1.54) is 0 Å². The standard InChI is InChI=1S/C10H26O4Si2/c1-6-12-16(13-7-2,14-8-3)10-9-15(4,5)11/h11H,6-10H2,1-5H3.